The van der Waals surface area contributed by atoms with Crippen molar-refractivity contribution in [2.24, 2.45) is 0 Å². The van der Waals surface area contributed by atoms with Crippen molar-refractivity contribution in [1.82, 2.24) is 4.90 Å². The minimum Gasteiger partial charge on any atom is -0.478 e. The molecule has 0 saturated carbocycles. The lowest BCUT2D eigenvalue weighted by Gasteiger charge is -2.24. The van der Waals surface area contributed by atoms with Crippen LogP contribution in [-0.4, -0.2) is 49.2 Å². The lowest BCUT2D eigenvalue weighted by molar-refractivity contribution is 0.0695. The van der Waals surface area contributed by atoms with Gasteiger partial charge in [-0.15, -0.1) is 0 Å². The highest BCUT2D eigenvalue weighted by Gasteiger charge is 2.20. The highest BCUT2D eigenvalue weighted by molar-refractivity contribution is 9.10. The SMILES string of the molecule is CN1CCCN(c2ccc(C(=O)O)c(Br)c2F)CC1. The van der Waals surface area contributed by atoms with E-state index in [0.29, 0.717) is 5.69 Å². The monoisotopic (exact) mass is 330 g/mol. The van der Waals surface area contributed by atoms with E-state index in [1.54, 1.807) is 6.07 Å². The molecule has 0 aliphatic carbocycles. The fourth-order valence-corrected chi connectivity index (χ4v) is 2.74. The molecule has 4 nitrogen and oxygen atoms in total. The topological polar surface area (TPSA) is 43.8 Å². The van der Waals surface area contributed by atoms with E-state index in [-0.39, 0.29) is 10.0 Å². The predicted molar refractivity (Wildman–Crippen MR) is 75.4 cm³/mol. The van der Waals surface area contributed by atoms with Crippen molar-refractivity contribution in [2.75, 3.05) is 38.1 Å². The summed E-state index contributed by atoms with van der Waals surface area (Å²) in [4.78, 5) is 15.1. The van der Waals surface area contributed by atoms with Crippen molar-refractivity contribution in [3.8, 4) is 0 Å². The number of carbonyl (C=O) groups is 1. The Bertz CT molecular complexity index is 496. The number of rotatable bonds is 2. The summed E-state index contributed by atoms with van der Waals surface area (Å²) in [6.45, 7) is 3.39. The number of benzene rings is 1. The first kappa shape index (κ1) is 14.3. The summed E-state index contributed by atoms with van der Waals surface area (Å²) >= 11 is 3.04. The van der Waals surface area contributed by atoms with E-state index in [1.807, 2.05) is 11.9 Å². The minimum absolute atomic E-state index is 0.0232. The van der Waals surface area contributed by atoms with Gasteiger partial charge in [0, 0.05) is 19.6 Å². The second kappa shape index (κ2) is 5.88. The maximum Gasteiger partial charge on any atom is 0.336 e. The average Bonchev–Trinajstić information content (AvgIpc) is 2.57. The molecule has 0 unspecified atom stereocenters. The van der Waals surface area contributed by atoms with Crippen LogP contribution >= 0.6 is 15.9 Å². The van der Waals surface area contributed by atoms with Crippen LogP contribution in [0.3, 0.4) is 0 Å². The molecule has 6 heteroatoms. The first-order valence-electron chi connectivity index (χ1n) is 6.15. The number of aromatic carboxylic acids is 1. The van der Waals surface area contributed by atoms with Gasteiger partial charge in [-0.2, -0.15) is 0 Å². The number of nitrogens with zero attached hydrogens (tertiary/aromatic N) is 2. The lowest BCUT2D eigenvalue weighted by Crippen LogP contribution is -2.29. The molecule has 1 fully saturated rings. The molecule has 0 radical (unpaired) electrons. The second-order valence-corrected chi connectivity index (χ2v) is 5.50. The van der Waals surface area contributed by atoms with Crippen molar-refractivity contribution in [3.05, 3.63) is 28.0 Å². The van der Waals surface area contributed by atoms with Crippen LogP contribution in [0.25, 0.3) is 0 Å². The van der Waals surface area contributed by atoms with Crippen molar-refractivity contribution in [1.29, 1.82) is 0 Å². The molecule has 1 aromatic carbocycles. The molecular formula is C13H16BrFN2O2. The Morgan fingerprint density at radius 3 is 2.74 bits per heavy atom. The molecule has 2 rings (SSSR count). The quantitative estimate of drug-likeness (QED) is 0.904. The first-order chi connectivity index (χ1) is 9.00. The van der Waals surface area contributed by atoms with Gasteiger partial charge in [0.25, 0.3) is 0 Å². The van der Waals surface area contributed by atoms with E-state index in [1.165, 1.54) is 6.07 Å². The summed E-state index contributed by atoms with van der Waals surface area (Å²) in [5.74, 6) is -1.63. The highest BCUT2D eigenvalue weighted by Crippen LogP contribution is 2.30. The van der Waals surface area contributed by atoms with Gasteiger partial charge in [0.05, 0.1) is 15.7 Å². The lowest BCUT2D eigenvalue weighted by atomic mass is 10.2. The second-order valence-electron chi connectivity index (χ2n) is 4.71. The number of anilines is 1. The molecule has 19 heavy (non-hydrogen) atoms. The molecule has 1 aromatic rings. The first-order valence-corrected chi connectivity index (χ1v) is 6.95. The third-order valence-corrected chi connectivity index (χ3v) is 4.13. The van der Waals surface area contributed by atoms with E-state index in [9.17, 15) is 9.18 Å². The fourth-order valence-electron chi connectivity index (χ4n) is 2.24. The third-order valence-electron chi connectivity index (χ3n) is 3.35. The molecule has 0 atom stereocenters. The Balaban J connectivity index is 2.30. The van der Waals surface area contributed by atoms with Crippen LogP contribution in [0.5, 0.6) is 0 Å². The Hall–Kier alpha value is -1.14. The van der Waals surface area contributed by atoms with Crippen LogP contribution < -0.4 is 4.90 Å². The molecule has 0 amide bonds. The predicted octanol–water partition coefficient (Wildman–Crippen LogP) is 2.43. The Morgan fingerprint density at radius 2 is 2.05 bits per heavy atom. The van der Waals surface area contributed by atoms with Crippen molar-refractivity contribution in [3.63, 3.8) is 0 Å². The Kier molecular flexibility index (Phi) is 4.42. The van der Waals surface area contributed by atoms with Gasteiger partial charge in [-0.25, -0.2) is 9.18 Å². The fraction of sp³-hybridized carbons (Fsp3) is 0.462. The van der Waals surface area contributed by atoms with E-state index < -0.39 is 11.8 Å². The minimum atomic E-state index is -1.13. The van der Waals surface area contributed by atoms with Gasteiger partial charge in [-0.1, -0.05) is 0 Å². The summed E-state index contributed by atoms with van der Waals surface area (Å²) in [6.07, 6.45) is 0.967. The summed E-state index contributed by atoms with van der Waals surface area (Å²) in [7, 11) is 2.04. The Labute approximate surface area is 119 Å². The number of hydrogen-bond acceptors (Lipinski definition) is 3. The summed E-state index contributed by atoms with van der Waals surface area (Å²) in [6, 6.07) is 2.99. The number of likely N-dealkylation sites (N-methyl/N-ethyl adjacent to an activating group) is 1. The molecule has 104 valence electrons. The molecule has 1 saturated heterocycles. The van der Waals surface area contributed by atoms with Crippen LogP contribution in [0, 0.1) is 5.82 Å². The Morgan fingerprint density at radius 1 is 1.32 bits per heavy atom. The molecule has 1 aliphatic heterocycles. The van der Waals surface area contributed by atoms with Crippen LogP contribution in [0.15, 0.2) is 16.6 Å². The van der Waals surface area contributed by atoms with Crippen molar-refractivity contribution < 1.29 is 14.3 Å². The number of carboxylic acid groups (broad SMARTS) is 1. The van der Waals surface area contributed by atoms with Crippen LogP contribution in [0.4, 0.5) is 10.1 Å². The van der Waals surface area contributed by atoms with Crippen molar-refractivity contribution in [2.45, 2.75) is 6.42 Å². The van der Waals surface area contributed by atoms with Crippen LogP contribution in [0.2, 0.25) is 0 Å². The van der Waals surface area contributed by atoms with E-state index in [4.69, 9.17) is 5.11 Å². The smallest absolute Gasteiger partial charge is 0.336 e. The zero-order valence-electron chi connectivity index (χ0n) is 10.7. The molecule has 1 heterocycles. The third kappa shape index (κ3) is 3.06. The maximum absolute atomic E-state index is 14.3. The normalized spacial score (nSPS) is 17.3. The van der Waals surface area contributed by atoms with E-state index in [2.05, 4.69) is 20.8 Å². The van der Waals surface area contributed by atoms with Gasteiger partial charge < -0.3 is 14.9 Å². The van der Waals surface area contributed by atoms with Gasteiger partial charge >= 0.3 is 5.97 Å². The zero-order valence-corrected chi connectivity index (χ0v) is 12.3. The highest BCUT2D eigenvalue weighted by atomic mass is 79.9. The van der Waals surface area contributed by atoms with E-state index >= 15 is 0 Å². The molecule has 0 spiro atoms. The van der Waals surface area contributed by atoms with Crippen molar-refractivity contribution >= 4 is 27.6 Å². The summed E-state index contributed by atoms with van der Waals surface area (Å²) in [5, 5.41) is 8.95. The molecule has 1 N–H and O–H groups in total. The average molecular weight is 331 g/mol. The van der Waals surface area contributed by atoms with Crippen LogP contribution in [-0.2, 0) is 0 Å². The van der Waals surface area contributed by atoms with Gasteiger partial charge in [-0.3, -0.25) is 0 Å². The molecule has 1 aliphatic rings. The molecule has 0 aromatic heterocycles. The van der Waals surface area contributed by atoms with Gasteiger partial charge in [-0.05, 0) is 48.1 Å². The van der Waals surface area contributed by atoms with E-state index in [0.717, 1.165) is 32.6 Å². The summed E-state index contributed by atoms with van der Waals surface area (Å²) in [5.41, 5.74) is 0.417. The van der Waals surface area contributed by atoms with Gasteiger partial charge in [0.1, 0.15) is 0 Å². The van der Waals surface area contributed by atoms with Gasteiger partial charge in [0.15, 0.2) is 5.82 Å². The largest absolute Gasteiger partial charge is 0.478 e. The van der Waals surface area contributed by atoms with Gasteiger partial charge in [0.2, 0.25) is 0 Å². The van der Waals surface area contributed by atoms with Crippen LogP contribution in [0.1, 0.15) is 16.8 Å². The zero-order chi connectivity index (χ0) is 14.0. The standard InChI is InChI=1S/C13H16BrFN2O2/c1-16-5-2-6-17(8-7-16)10-4-3-9(13(18)19)11(14)12(10)15/h3-4H,2,5-8H2,1H3,(H,18,19). The summed E-state index contributed by atoms with van der Waals surface area (Å²) < 4.78 is 14.3. The molecule has 0 bridgehead atoms. The number of carboxylic acids is 1. The maximum atomic E-state index is 14.3. The number of halogens is 2. The molecular weight excluding hydrogens is 315 g/mol. The number of hydrogen-bond donors (Lipinski definition) is 1.